The van der Waals surface area contributed by atoms with Gasteiger partial charge in [-0.3, -0.25) is 0 Å². The van der Waals surface area contributed by atoms with Crippen LogP contribution in [0.1, 0.15) is 10.4 Å². The largest absolute Gasteiger partial charge is 0.478 e. The maximum atomic E-state index is 10.8. The van der Waals surface area contributed by atoms with E-state index in [2.05, 4.69) is 10.3 Å². The number of hydrogen-bond acceptors (Lipinski definition) is 5. The van der Waals surface area contributed by atoms with Crippen molar-refractivity contribution in [2.75, 3.05) is 25.6 Å². The summed E-state index contributed by atoms with van der Waals surface area (Å²) in [6, 6.07) is 1.31. The summed E-state index contributed by atoms with van der Waals surface area (Å²) in [5, 5.41) is 21.1. The normalized spacial score (nSPS) is 12.2. The molecule has 0 aliphatic carbocycles. The molecule has 0 aliphatic heterocycles. The van der Waals surface area contributed by atoms with Crippen LogP contribution in [-0.2, 0) is 4.74 Å². The van der Waals surface area contributed by atoms with Crippen LogP contribution < -0.4 is 5.32 Å². The highest BCUT2D eigenvalue weighted by molar-refractivity contribution is 6.33. The van der Waals surface area contributed by atoms with E-state index in [1.165, 1.54) is 19.4 Å². The smallest absolute Gasteiger partial charge is 0.337 e. The summed E-state index contributed by atoms with van der Waals surface area (Å²) >= 11 is 5.66. The van der Waals surface area contributed by atoms with E-state index in [1.54, 1.807) is 0 Å². The van der Waals surface area contributed by atoms with Crippen molar-refractivity contribution in [3.8, 4) is 0 Å². The van der Waals surface area contributed by atoms with Gasteiger partial charge in [-0.25, -0.2) is 9.78 Å². The molecule has 6 nitrogen and oxygen atoms in total. The SMILES string of the molecule is COCC(O)CNc1cc(C(=O)O)c(Cl)cn1. The average Bonchev–Trinajstić information content (AvgIpc) is 2.28. The maximum Gasteiger partial charge on any atom is 0.337 e. The molecule has 0 spiro atoms. The predicted octanol–water partition coefficient (Wildman–Crippen LogP) is 0.852. The Labute approximate surface area is 103 Å². The lowest BCUT2D eigenvalue weighted by molar-refractivity contribution is 0.0697. The van der Waals surface area contributed by atoms with Gasteiger partial charge >= 0.3 is 5.97 Å². The lowest BCUT2D eigenvalue weighted by Gasteiger charge is -2.11. The first-order valence-electron chi connectivity index (χ1n) is 4.84. The van der Waals surface area contributed by atoms with Crippen molar-refractivity contribution in [1.82, 2.24) is 4.98 Å². The molecular weight excluding hydrogens is 248 g/mol. The van der Waals surface area contributed by atoms with Crippen molar-refractivity contribution in [1.29, 1.82) is 0 Å². The highest BCUT2D eigenvalue weighted by Gasteiger charge is 2.11. The van der Waals surface area contributed by atoms with Crippen molar-refractivity contribution >= 4 is 23.4 Å². The second-order valence-corrected chi connectivity index (χ2v) is 3.75. The van der Waals surface area contributed by atoms with Gasteiger partial charge in [-0.05, 0) is 6.07 Å². The number of hydrogen-bond donors (Lipinski definition) is 3. The number of carboxylic acids is 1. The molecule has 3 N–H and O–H groups in total. The van der Waals surface area contributed by atoms with Gasteiger partial charge in [0.2, 0.25) is 0 Å². The van der Waals surface area contributed by atoms with Crippen molar-refractivity contribution < 1.29 is 19.7 Å². The highest BCUT2D eigenvalue weighted by atomic mass is 35.5. The van der Waals surface area contributed by atoms with Crippen molar-refractivity contribution in [2.24, 2.45) is 0 Å². The van der Waals surface area contributed by atoms with Crippen LogP contribution in [0.15, 0.2) is 12.3 Å². The van der Waals surface area contributed by atoms with Crippen LogP contribution in [0.3, 0.4) is 0 Å². The van der Waals surface area contributed by atoms with E-state index in [0.717, 1.165) is 0 Å². The maximum absolute atomic E-state index is 10.8. The van der Waals surface area contributed by atoms with E-state index in [1.807, 2.05) is 0 Å². The molecule has 0 fully saturated rings. The minimum Gasteiger partial charge on any atom is -0.478 e. The number of ether oxygens (including phenoxy) is 1. The monoisotopic (exact) mass is 260 g/mol. The van der Waals surface area contributed by atoms with Gasteiger partial charge in [-0.1, -0.05) is 11.6 Å². The minimum atomic E-state index is -1.13. The van der Waals surface area contributed by atoms with Gasteiger partial charge in [0.1, 0.15) is 5.82 Å². The number of aliphatic hydroxyl groups excluding tert-OH is 1. The van der Waals surface area contributed by atoms with Gasteiger partial charge in [0, 0.05) is 19.9 Å². The molecule has 1 aromatic rings. The van der Waals surface area contributed by atoms with Crippen LogP contribution in [-0.4, -0.2) is 47.5 Å². The third kappa shape index (κ3) is 4.18. The Morgan fingerprint density at radius 3 is 3.00 bits per heavy atom. The third-order valence-electron chi connectivity index (χ3n) is 1.96. The topological polar surface area (TPSA) is 91.7 Å². The summed E-state index contributed by atoms with van der Waals surface area (Å²) in [4.78, 5) is 14.7. The van der Waals surface area contributed by atoms with Crippen LogP contribution in [0.4, 0.5) is 5.82 Å². The Bertz CT molecular complexity index is 400. The Morgan fingerprint density at radius 2 is 2.41 bits per heavy atom. The summed E-state index contributed by atoms with van der Waals surface area (Å²) in [6.45, 7) is 0.397. The first-order valence-corrected chi connectivity index (χ1v) is 5.22. The molecular formula is C10H13ClN2O4. The Kier molecular flexibility index (Phi) is 5.14. The van der Waals surface area contributed by atoms with Gasteiger partial charge < -0.3 is 20.3 Å². The summed E-state index contributed by atoms with van der Waals surface area (Å²) in [5.41, 5.74) is -0.0367. The molecule has 1 heterocycles. The number of carboxylic acid groups (broad SMARTS) is 1. The predicted molar refractivity (Wildman–Crippen MR) is 62.6 cm³/mol. The minimum absolute atomic E-state index is 0.0367. The van der Waals surface area contributed by atoms with Gasteiger partial charge in [0.25, 0.3) is 0 Å². The van der Waals surface area contributed by atoms with Crippen LogP contribution >= 0.6 is 11.6 Å². The Balaban J connectivity index is 2.66. The summed E-state index contributed by atoms with van der Waals surface area (Å²) < 4.78 is 4.75. The summed E-state index contributed by atoms with van der Waals surface area (Å²) in [5.74, 6) is -0.792. The van der Waals surface area contributed by atoms with Crippen LogP contribution in [0.25, 0.3) is 0 Å². The molecule has 0 saturated heterocycles. The number of nitrogens with one attached hydrogen (secondary N) is 1. The van der Waals surface area contributed by atoms with Gasteiger partial charge in [0.15, 0.2) is 0 Å². The molecule has 0 radical (unpaired) electrons. The number of anilines is 1. The van der Waals surface area contributed by atoms with Crippen molar-refractivity contribution in [3.63, 3.8) is 0 Å². The molecule has 1 atom stereocenters. The fourth-order valence-electron chi connectivity index (χ4n) is 1.17. The van der Waals surface area contributed by atoms with Crippen LogP contribution in [0, 0.1) is 0 Å². The Morgan fingerprint density at radius 1 is 1.71 bits per heavy atom. The zero-order chi connectivity index (χ0) is 12.8. The molecule has 0 amide bonds. The van der Waals surface area contributed by atoms with Gasteiger partial charge in [0.05, 0.1) is 23.3 Å². The van der Waals surface area contributed by atoms with E-state index in [4.69, 9.17) is 21.4 Å². The first-order chi connectivity index (χ1) is 8.04. The fourth-order valence-corrected chi connectivity index (χ4v) is 1.36. The van der Waals surface area contributed by atoms with E-state index in [0.29, 0.717) is 5.82 Å². The van der Waals surface area contributed by atoms with E-state index in [9.17, 15) is 9.90 Å². The number of pyridine rings is 1. The zero-order valence-corrected chi connectivity index (χ0v) is 9.94. The number of aromatic carboxylic acids is 1. The number of halogens is 1. The van der Waals surface area contributed by atoms with Gasteiger partial charge in [-0.15, -0.1) is 0 Å². The lowest BCUT2D eigenvalue weighted by atomic mass is 10.2. The molecule has 94 valence electrons. The van der Waals surface area contributed by atoms with E-state index < -0.39 is 12.1 Å². The summed E-state index contributed by atoms with van der Waals surface area (Å²) in [6.07, 6.45) is 0.557. The molecule has 7 heteroatoms. The summed E-state index contributed by atoms with van der Waals surface area (Å²) in [7, 11) is 1.48. The fraction of sp³-hybridized carbons (Fsp3) is 0.400. The molecule has 0 bridgehead atoms. The van der Waals surface area contributed by atoms with Crippen LogP contribution in [0.2, 0.25) is 5.02 Å². The highest BCUT2D eigenvalue weighted by Crippen LogP contribution is 2.17. The number of rotatable bonds is 6. The molecule has 1 unspecified atom stereocenters. The van der Waals surface area contributed by atoms with E-state index >= 15 is 0 Å². The Hall–Kier alpha value is -1.37. The number of aromatic nitrogens is 1. The lowest BCUT2D eigenvalue weighted by Crippen LogP contribution is -2.24. The number of methoxy groups -OCH3 is 1. The molecule has 0 aliphatic rings. The van der Waals surface area contributed by atoms with Crippen molar-refractivity contribution in [3.05, 3.63) is 22.8 Å². The number of nitrogens with zero attached hydrogens (tertiary/aromatic N) is 1. The molecule has 1 aromatic heterocycles. The molecule has 0 saturated carbocycles. The number of carbonyl (C=O) groups is 1. The first kappa shape index (κ1) is 13.7. The zero-order valence-electron chi connectivity index (χ0n) is 9.18. The van der Waals surface area contributed by atoms with Crippen LogP contribution in [0.5, 0.6) is 0 Å². The molecule has 17 heavy (non-hydrogen) atoms. The van der Waals surface area contributed by atoms with Gasteiger partial charge in [-0.2, -0.15) is 0 Å². The quantitative estimate of drug-likeness (QED) is 0.702. The molecule has 0 aromatic carbocycles. The third-order valence-corrected chi connectivity index (χ3v) is 2.26. The standard InChI is InChI=1S/C10H13ClN2O4/c1-17-5-6(14)3-12-9-2-7(10(15)16)8(11)4-13-9/h2,4,6,14H,3,5H2,1H3,(H,12,13)(H,15,16). The number of aliphatic hydroxyl groups is 1. The van der Waals surface area contributed by atoms with E-state index in [-0.39, 0.29) is 23.7 Å². The average molecular weight is 261 g/mol. The second kappa shape index (κ2) is 6.39. The molecule has 1 rings (SSSR count). The van der Waals surface area contributed by atoms with Crippen molar-refractivity contribution in [2.45, 2.75) is 6.10 Å². The second-order valence-electron chi connectivity index (χ2n) is 3.34.